The fourth-order valence-corrected chi connectivity index (χ4v) is 1.74. The average Bonchev–Trinajstić information content (AvgIpc) is 2.40. The van der Waals surface area contributed by atoms with Crippen molar-refractivity contribution in [1.82, 2.24) is 10.2 Å². The molecule has 0 saturated heterocycles. The molecule has 5 nitrogen and oxygen atoms in total. The first-order chi connectivity index (χ1) is 8.94. The summed E-state index contributed by atoms with van der Waals surface area (Å²) < 4.78 is 4.65. The van der Waals surface area contributed by atoms with Gasteiger partial charge < -0.3 is 15.0 Å². The van der Waals surface area contributed by atoms with E-state index in [0.717, 1.165) is 12.8 Å². The zero-order valence-corrected chi connectivity index (χ0v) is 12.9. The molecular weight excluding hydrogens is 244 g/mol. The summed E-state index contributed by atoms with van der Waals surface area (Å²) in [5, 5.41) is 3.08. The second kappa shape index (κ2) is 9.78. The van der Waals surface area contributed by atoms with Gasteiger partial charge in [-0.1, -0.05) is 40.5 Å². The molecule has 0 bridgehead atoms. The predicted octanol–water partition coefficient (Wildman–Crippen LogP) is 1.42. The molecule has 0 unspecified atom stereocenters. The first-order valence-electron chi connectivity index (χ1n) is 7.02. The van der Waals surface area contributed by atoms with E-state index in [0.29, 0.717) is 12.5 Å². The fourth-order valence-electron chi connectivity index (χ4n) is 1.74. The summed E-state index contributed by atoms with van der Waals surface area (Å²) in [4.78, 5) is 25.1. The molecule has 112 valence electrons. The molecule has 0 aromatic heterocycles. The molecule has 0 spiro atoms. The maximum Gasteiger partial charge on any atom is 0.325 e. The Morgan fingerprint density at radius 2 is 1.79 bits per heavy atom. The van der Waals surface area contributed by atoms with Gasteiger partial charge in [0.1, 0.15) is 6.54 Å². The van der Waals surface area contributed by atoms with Crippen LogP contribution in [0.3, 0.4) is 0 Å². The lowest BCUT2D eigenvalue weighted by Gasteiger charge is -2.26. The molecule has 1 amide bonds. The van der Waals surface area contributed by atoms with E-state index in [1.807, 2.05) is 13.8 Å². The first-order valence-corrected chi connectivity index (χ1v) is 7.02. The van der Waals surface area contributed by atoms with Gasteiger partial charge in [-0.3, -0.25) is 9.59 Å². The molecule has 5 heteroatoms. The van der Waals surface area contributed by atoms with Gasteiger partial charge in [-0.15, -0.1) is 0 Å². The largest absolute Gasteiger partial charge is 0.468 e. The van der Waals surface area contributed by atoms with Crippen LogP contribution in [-0.4, -0.2) is 49.6 Å². The maximum atomic E-state index is 12.1. The van der Waals surface area contributed by atoms with Crippen molar-refractivity contribution in [3.8, 4) is 0 Å². The highest BCUT2D eigenvalue weighted by atomic mass is 16.5. The summed E-state index contributed by atoms with van der Waals surface area (Å²) in [5.41, 5.74) is 0. The summed E-state index contributed by atoms with van der Waals surface area (Å²) in [5.74, 6) is 0.00232. The normalized spacial score (nSPS) is 10.9. The van der Waals surface area contributed by atoms with Crippen molar-refractivity contribution in [2.75, 3.05) is 26.7 Å². The molecule has 0 rings (SSSR count). The van der Waals surface area contributed by atoms with Crippen LogP contribution in [0.25, 0.3) is 0 Å². The van der Waals surface area contributed by atoms with Crippen LogP contribution >= 0.6 is 0 Å². The first kappa shape index (κ1) is 17.9. The van der Waals surface area contributed by atoms with Crippen LogP contribution < -0.4 is 5.32 Å². The highest BCUT2D eigenvalue weighted by molar-refractivity contribution is 5.83. The number of methoxy groups -OCH3 is 1. The van der Waals surface area contributed by atoms with Crippen LogP contribution in [0.2, 0.25) is 0 Å². The standard InChI is InChI=1S/C14H28N2O3/c1-6-12(7-2)9-16(10-14(18)19-5)13(17)8-15-11(3)4/h11-12,15H,6-10H2,1-5H3. The predicted molar refractivity (Wildman–Crippen MR) is 75.8 cm³/mol. The van der Waals surface area contributed by atoms with Gasteiger partial charge in [0.25, 0.3) is 0 Å². The van der Waals surface area contributed by atoms with E-state index in [1.165, 1.54) is 7.11 Å². The smallest absolute Gasteiger partial charge is 0.325 e. The second-order valence-corrected chi connectivity index (χ2v) is 5.07. The Kier molecular flexibility index (Phi) is 9.21. The van der Waals surface area contributed by atoms with Gasteiger partial charge in [0.2, 0.25) is 5.91 Å². The highest BCUT2D eigenvalue weighted by Gasteiger charge is 2.20. The van der Waals surface area contributed by atoms with Crippen LogP contribution in [0, 0.1) is 5.92 Å². The van der Waals surface area contributed by atoms with Crippen LogP contribution in [0.1, 0.15) is 40.5 Å². The Balaban J connectivity index is 4.55. The number of esters is 1. The Morgan fingerprint density at radius 1 is 1.21 bits per heavy atom. The van der Waals surface area contributed by atoms with Crippen LogP contribution in [0.4, 0.5) is 0 Å². The summed E-state index contributed by atoms with van der Waals surface area (Å²) in [6.45, 7) is 9.07. The quantitative estimate of drug-likeness (QED) is 0.645. The minimum absolute atomic E-state index is 0.0333. The highest BCUT2D eigenvalue weighted by Crippen LogP contribution is 2.10. The number of carbonyl (C=O) groups is 2. The lowest BCUT2D eigenvalue weighted by Crippen LogP contribution is -2.44. The number of amides is 1. The molecule has 19 heavy (non-hydrogen) atoms. The molecule has 0 aromatic rings. The zero-order valence-electron chi connectivity index (χ0n) is 12.9. The van der Waals surface area contributed by atoms with Crippen LogP contribution in [0.15, 0.2) is 0 Å². The van der Waals surface area contributed by atoms with Gasteiger partial charge in [0, 0.05) is 12.6 Å². The van der Waals surface area contributed by atoms with Crippen molar-refractivity contribution in [3.05, 3.63) is 0 Å². The van der Waals surface area contributed by atoms with Gasteiger partial charge in [-0.25, -0.2) is 0 Å². The van der Waals surface area contributed by atoms with Crippen LogP contribution in [0.5, 0.6) is 0 Å². The Bertz CT molecular complexity index is 276. The molecule has 0 saturated carbocycles. The summed E-state index contributed by atoms with van der Waals surface area (Å²) in [6.07, 6.45) is 2.00. The number of carbonyl (C=O) groups excluding carboxylic acids is 2. The third kappa shape index (κ3) is 7.82. The molecule has 1 N–H and O–H groups in total. The van der Waals surface area contributed by atoms with Gasteiger partial charge in [0.05, 0.1) is 13.7 Å². The molecule has 0 fully saturated rings. The fraction of sp³-hybridized carbons (Fsp3) is 0.857. The van der Waals surface area contributed by atoms with Crippen LogP contribution in [-0.2, 0) is 14.3 Å². The van der Waals surface area contributed by atoms with Crippen molar-refractivity contribution in [1.29, 1.82) is 0 Å². The minimum atomic E-state index is -0.371. The Labute approximate surface area is 116 Å². The van der Waals surface area contributed by atoms with E-state index in [4.69, 9.17) is 0 Å². The van der Waals surface area contributed by atoms with Gasteiger partial charge in [0.15, 0.2) is 0 Å². The number of hydrogen-bond acceptors (Lipinski definition) is 4. The van der Waals surface area contributed by atoms with Crippen molar-refractivity contribution in [2.24, 2.45) is 5.92 Å². The number of ether oxygens (including phenoxy) is 1. The van der Waals surface area contributed by atoms with E-state index in [1.54, 1.807) is 4.90 Å². The summed E-state index contributed by atoms with van der Waals surface area (Å²) in [7, 11) is 1.34. The summed E-state index contributed by atoms with van der Waals surface area (Å²) in [6, 6.07) is 0.247. The van der Waals surface area contributed by atoms with E-state index >= 15 is 0 Å². The number of rotatable bonds is 9. The molecule has 0 aliphatic rings. The molecule has 0 radical (unpaired) electrons. The van der Waals surface area contributed by atoms with E-state index in [2.05, 4.69) is 23.9 Å². The van der Waals surface area contributed by atoms with E-state index in [9.17, 15) is 9.59 Å². The maximum absolute atomic E-state index is 12.1. The van der Waals surface area contributed by atoms with Crippen molar-refractivity contribution in [2.45, 2.75) is 46.6 Å². The number of nitrogens with one attached hydrogen (secondary N) is 1. The van der Waals surface area contributed by atoms with Crippen molar-refractivity contribution >= 4 is 11.9 Å². The topological polar surface area (TPSA) is 58.6 Å². The van der Waals surface area contributed by atoms with E-state index in [-0.39, 0.29) is 31.0 Å². The molecule has 0 aromatic carbocycles. The van der Waals surface area contributed by atoms with Gasteiger partial charge in [-0.2, -0.15) is 0 Å². The Hall–Kier alpha value is -1.10. The molecule has 0 aliphatic heterocycles. The molecule has 0 aliphatic carbocycles. The molecule has 0 heterocycles. The van der Waals surface area contributed by atoms with Crippen molar-refractivity contribution < 1.29 is 14.3 Å². The average molecular weight is 272 g/mol. The van der Waals surface area contributed by atoms with Gasteiger partial charge in [-0.05, 0) is 5.92 Å². The minimum Gasteiger partial charge on any atom is -0.468 e. The summed E-state index contributed by atoms with van der Waals surface area (Å²) >= 11 is 0. The SMILES string of the molecule is CCC(CC)CN(CC(=O)OC)C(=O)CNC(C)C. The lowest BCUT2D eigenvalue weighted by molar-refractivity contribution is -0.147. The number of hydrogen-bond donors (Lipinski definition) is 1. The van der Waals surface area contributed by atoms with Gasteiger partial charge >= 0.3 is 5.97 Å². The Morgan fingerprint density at radius 3 is 2.21 bits per heavy atom. The number of nitrogens with zero attached hydrogens (tertiary/aromatic N) is 1. The third-order valence-electron chi connectivity index (χ3n) is 3.20. The van der Waals surface area contributed by atoms with E-state index < -0.39 is 0 Å². The molecular formula is C14H28N2O3. The molecule has 0 atom stereocenters. The van der Waals surface area contributed by atoms with Crippen molar-refractivity contribution in [3.63, 3.8) is 0 Å². The lowest BCUT2D eigenvalue weighted by atomic mass is 10.0. The monoisotopic (exact) mass is 272 g/mol. The zero-order chi connectivity index (χ0) is 14.8. The third-order valence-corrected chi connectivity index (χ3v) is 3.20. The second-order valence-electron chi connectivity index (χ2n) is 5.07.